The van der Waals surface area contributed by atoms with Crippen LogP contribution in [0.4, 0.5) is 8.78 Å². The molecule has 0 saturated carbocycles. The fourth-order valence-electron chi connectivity index (χ4n) is 3.50. The van der Waals surface area contributed by atoms with Crippen LogP contribution in [0, 0.1) is 11.6 Å². The standard InChI is InChI=1S/C21H20F2N4O2S3/c1-14-13-32(28,29)31-20(25-14)27-21(10-5-11-24,15-6-3-2-4-7-15)30-19(26-27)17-12-16(22)8-9-18(17)23/h2-4,6-9,12-13H,5,10-11,24H2,1H3. The summed E-state index contributed by atoms with van der Waals surface area (Å²) in [6.45, 7) is 1.98. The van der Waals surface area contributed by atoms with Crippen LogP contribution in [0.2, 0.25) is 0 Å². The van der Waals surface area contributed by atoms with Crippen molar-refractivity contribution in [2.45, 2.75) is 24.6 Å². The number of thioether (sulfide) groups is 1. The summed E-state index contributed by atoms with van der Waals surface area (Å²) in [4.78, 5) is 3.49. The van der Waals surface area contributed by atoms with Gasteiger partial charge in [-0.2, -0.15) is 5.10 Å². The molecule has 0 saturated heterocycles. The molecule has 4 rings (SSSR count). The number of hydrogen-bond acceptors (Lipinski definition) is 8. The van der Waals surface area contributed by atoms with Crippen molar-refractivity contribution in [1.29, 1.82) is 0 Å². The summed E-state index contributed by atoms with van der Waals surface area (Å²) in [6, 6.07) is 12.5. The van der Waals surface area contributed by atoms with Crippen molar-refractivity contribution in [3.63, 3.8) is 0 Å². The quantitative estimate of drug-likeness (QED) is 0.613. The van der Waals surface area contributed by atoms with Crippen LogP contribution in [0.25, 0.3) is 0 Å². The normalized spacial score (nSPS) is 22.4. The van der Waals surface area contributed by atoms with Gasteiger partial charge in [0.15, 0.2) is 0 Å². The van der Waals surface area contributed by atoms with Gasteiger partial charge in [0.05, 0.1) is 11.1 Å². The lowest BCUT2D eigenvalue weighted by atomic mass is 10.0. The summed E-state index contributed by atoms with van der Waals surface area (Å²) < 4.78 is 53.5. The van der Waals surface area contributed by atoms with Crippen LogP contribution in [0.15, 0.2) is 69.7 Å². The van der Waals surface area contributed by atoms with E-state index in [1.54, 1.807) is 6.92 Å². The molecular formula is C21H20F2N4O2S3. The Morgan fingerprint density at radius 2 is 1.91 bits per heavy atom. The minimum absolute atomic E-state index is 0.00193. The molecule has 1 unspecified atom stereocenters. The van der Waals surface area contributed by atoms with Crippen molar-refractivity contribution in [1.82, 2.24) is 5.01 Å². The molecule has 1 atom stereocenters. The molecule has 6 nitrogen and oxygen atoms in total. The zero-order valence-electron chi connectivity index (χ0n) is 17.0. The number of aliphatic imine (C=N–C) groups is 1. The lowest BCUT2D eigenvalue weighted by molar-refractivity contribution is 0.284. The summed E-state index contributed by atoms with van der Waals surface area (Å²) in [7, 11) is -3.05. The van der Waals surface area contributed by atoms with Gasteiger partial charge in [0.1, 0.15) is 21.5 Å². The van der Waals surface area contributed by atoms with Gasteiger partial charge < -0.3 is 5.73 Å². The highest BCUT2D eigenvalue weighted by atomic mass is 33.1. The average Bonchev–Trinajstić information content (AvgIpc) is 3.14. The predicted octanol–water partition coefficient (Wildman–Crippen LogP) is 4.56. The average molecular weight is 495 g/mol. The number of nitrogens with zero attached hydrogens (tertiary/aromatic N) is 3. The smallest absolute Gasteiger partial charge is 0.232 e. The zero-order valence-corrected chi connectivity index (χ0v) is 19.5. The summed E-state index contributed by atoms with van der Waals surface area (Å²) in [6.07, 6.45) is 1.07. The van der Waals surface area contributed by atoms with Crippen molar-refractivity contribution in [2.24, 2.45) is 15.8 Å². The highest BCUT2D eigenvalue weighted by molar-refractivity contribution is 8.78. The largest absolute Gasteiger partial charge is 0.330 e. The highest BCUT2D eigenvalue weighted by Crippen LogP contribution is 2.52. The Morgan fingerprint density at radius 1 is 1.16 bits per heavy atom. The van der Waals surface area contributed by atoms with Crippen molar-refractivity contribution < 1.29 is 17.2 Å². The highest BCUT2D eigenvalue weighted by Gasteiger charge is 2.49. The fraction of sp³-hybridized carbons (Fsp3) is 0.238. The number of hydrazone groups is 1. The van der Waals surface area contributed by atoms with Gasteiger partial charge in [-0.1, -0.05) is 42.1 Å². The first-order chi connectivity index (χ1) is 15.2. The van der Waals surface area contributed by atoms with Crippen LogP contribution in [0.1, 0.15) is 30.9 Å². The molecule has 0 aliphatic carbocycles. The minimum Gasteiger partial charge on any atom is -0.330 e. The van der Waals surface area contributed by atoms with Crippen LogP contribution in [0.3, 0.4) is 0 Å². The van der Waals surface area contributed by atoms with Crippen LogP contribution in [0.5, 0.6) is 0 Å². The second kappa shape index (κ2) is 8.97. The maximum Gasteiger partial charge on any atom is 0.232 e. The van der Waals surface area contributed by atoms with E-state index in [9.17, 15) is 17.2 Å². The fourth-order valence-corrected chi connectivity index (χ4v) is 7.67. The number of nitrogens with two attached hydrogens (primary N) is 1. The van der Waals surface area contributed by atoms with Gasteiger partial charge in [0.25, 0.3) is 0 Å². The van der Waals surface area contributed by atoms with Gasteiger partial charge in [-0.3, -0.25) is 0 Å². The molecule has 11 heteroatoms. The molecule has 0 aromatic heterocycles. The molecule has 0 spiro atoms. The van der Waals surface area contributed by atoms with Gasteiger partial charge >= 0.3 is 0 Å². The molecule has 0 radical (unpaired) electrons. The Labute approximate surface area is 193 Å². The third kappa shape index (κ3) is 4.47. The summed E-state index contributed by atoms with van der Waals surface area (Å²) >= 11 is 1.24. The molecule has 2 aromatic carbocycles. The molecule has 168 valence electrons. The Balaban J connectivity index is 1.91. The van der Waals surface area contributed by atoms with Crippen molar-refractivity contribution in [3.05, 3.63) is 82.4 Å². The maximum atomic E-state index is 14.6. The van der Waals surface area contributed by atoms with Crippen LogP contribution in [-0.4, -0.2) is 30.2 Å². The number of rotatable bonds is 5. The van der Waals surface area contributed by atoms with Gasteiger partial charge in [-0.15, -0.1) is 0 Å². The molecule has 2 N–H and O–H groups in total. The molecule has 0 bridgehead atoms. The van der Waals surface area contributed by atoms with E-state index in [-0.39, 0.29) is 15.8 Å². The van der Waals surface area contributed by atoms with E-state index in [2.05, 4.69) is 10.1 Å². The second-order valence-corrected chi connectivity index (χ2v) is 12.1. The summed E-state index contributed by atoms with van der Waals surface area (Å²) in [5.41, 5.74) is 6.94. The molecule has 32 heavy (non-hydrogen) atoms. The number of benzene rings is 2. The first-order valence-corrected chi connectivity index (χ1v) is 13.4. The second-order valence-electron chi connectivity index (χ2n) is 7.22. The van der Waals surface area contributed by atoms with E-state index in [0.29, 0.717) is 35.9 Å². The lowest BCUT2D eigenvalue weighted by Gasteiger charge is -2.37. The third-order valence-electron chi connectivity index (χ3n) is 4.86. The van der Waals surface area contributed by atoms with Crippen LogP contribution in [-0.2, 0) is 13.7 Å². The molecule has 0 amide bonds. The lowest BCUT2D eigenvalue weighted by Crippen LogP contribution is -2.41. The van der Waals surface area contributed by atoms with E-state index in [1.165, 1.54) is 16.8 Å². The van der Waals surface area contributed by atoms with Gasteiger partial charge in [-0.05, 0) is 50.1 Å². The first-order valence-electron chi connectivity index (χ1n) is 9.74. The van der Waals surface area contributed by atoms with E-state index < -0.39 is 25.4 Å². The topological polar surface area (TPSA) is 88.1 Å². The number of halogens is 2. The number of amidine groups is 1. The van der Waals surface area contributed by atoms with Crippen molar-refractivity contribution in [3.8, 4) is 0 Å². The van der Waals surface area contributed by atoms with Gasteiger partial charge in [-0.25, -0.2) is 27.2 Å². The molecule has 2 aliphatic rings. The zero-order chi connectivity index (χ0) is 22.9. The minimum atomic E-state index is -3.62. The van der Waals surface area contributed by atoms with E-state index in [4.69, 9.17) is 5.73 Å². The molecule has 2 aliphatic heterocycles. The Hall–Kier alpha value is -2.21. The van der Waals surface area contributed by atoms with Crippen molar-refractivity contribution in [2.75, 3.05) is 6.54 Å². The van der Waals surface area contributed by atoms with Gasteiger partial charge in [0.2, 0.25) is 14.0 Å². The van der Waals surface area contributed by atoms with E-state index in [0.717, 1.165) is 29.2 Å². The number of allylic oxidation sites excluding steroid dienone is 1. The Morgan fingerprint density at radius 3 is 2.59 bits per heavy atom. The SMILES string of the molecule is CC1=CS(=O)(=O)SC(N2N=C(c3cc(F)ccc3F)SC2(CCCN)c2ccccc2)=N1. The van der Waals surface area contributed by atoms with E-state index in [1.807, 2.05) is 30.3 Å². The Kier molecular flexibility index (Phi) is 6.44. The maximum absolute atomic E-state index is 14.6. The summed E-state index contributed by atoms with van der Waals surface area (Å²) in [5.74, 6) is -1.22. The summed E-state index contributed by atoms with van der Waals surface area (Å²) in [5, 5.41) is 7.57. The van der Waals surface area contributed by atoms with Crippen LogP contribution >= 0.6 is 22.6 Å². The predicted molar refractivity (Wildman–Crippen MR) is 126 cm³/mol. The molecule has 2 aromatic rings. The molecule has 2 heterocycles. The van der Waals surface area contributed by atoms with Gasteiger partial charge in [0, 0.05) is 16.4 Å². The third-order valence-corrected chi connectivity index (χ3v) is 9.01. The molecular weight excluding hydrogens is 474 g/mol. The monoisotopic (exact) mass is 494 g/mol. The molecule has 0 fully saturated rings. The van der Waals surface area contributed by atoms with E-state index >= 15 is 0 Å². The van der Waals surface area contributed by atoms with Crippen LogP contribution < -0.4 is 5.73 Å². The Bertz CT molecular complexity index is 1230. The first kappa shape index (κ1) is 23.0. The number of hydrogen-bond donors (Lipinski definition) is 1. The van der Waals surface area contributed by atoms with Crippen molar-refractivity contribution >= 4 is 41.6 Å².